The predicted molar refractivity (Wildman–Crippen MR) is 76.1 cm³/mol. The second-order valence-corrected chi connectivity index (χ2v) is 7.01. The molecule has 0 aromatic carbocycles. The van der Waals surface area contributed by atoms with E-state index >= 15 is 0 Å². The highest BCUT2D eigenvalue weighted by Crippen LogP contribution is 2.34. The van der Waals surface area contributed by atoms with E-state index in [4.69, 9.17) is 0 Å². The Hall–Kier alpha value is -0.380. The number of hydrogen-bond donors (Lipinski definition) is 2. The van der Waals surface area contributed by atoms with Crippen molar-refractivity contribution in [2.24, 2.45) is 5.92 Å². The Bertz CT molecular complexity index is 387. The largest absolute Gasteiger partial charge is 0.392 e. The summed E-state index contributed by atoms with van der Waals surface area (Å²) in [6.45, 7) is 2.96. The topological polar surface area (TPSA) is 32.3 Å². The molecule has 0 bridgehead atoms. The number of fused-ring (bicyclic) bond motifs is 1. The molecule has 0 saturated heterocycles. The number of thiophene rings is 1. The van der Waals surface area contributed by atoms with Crippen LogP contribution in [0, 0.1) is 5.92 Å². The van der Waals surface area contributed by atoms with Crippen molar-refractivity contribution in [2.45, 2.75) is 57.6 Å². The summed E-state index contributed by atoms with van der Waals surface area (Å²) in [5.74, 6) is 0.571. The average molecular weight is 265 g/mol. The van der Waals surface area contributed by atoms with Crippen LogP contribution in [-0.4, -0.2) is 17.8 Å². The third-order valence-electron chi connectivity index (χ3n) is 4.24. The molecule has 3 heteroatoms. The summed E-state index contributed by atoms with van der Waals surface area (Å²) < 4.78 is 0. The molecule has 0 aliphatic heterocycles. The molecule has 2 atom stereocenters. The molecule has 2 N–H and O–H groups in total. The van der Waals surface area contributed by atoms with Crippen LogP contribution in [-0.2, 0) is 12.8 Å². The highest BCUT2D eigenvalue weighted by molar-refractivity contribution is 7.12. The maximum atomic E-state index is 9.89. The first-order valence-corrected chi connectivity index (χ1v) is 8.08. The molecule has 2 unspecified atom stereocenters. The number of rotatable bonds is 5. The van der Waals surface area contributed by atoms with Gasteiger partial charge in [0.25, 0.3) is 0 Å². The van der Waals surface area contributed by atoms with E-state index in [0.29, 0.717) is 12.0 Å². The van der Waals surface area contributed by atoms with Crippen LogP contribution in [0.4, 0.5) is 0 Å². The first-order valence-electron chi connectivity index (χ1n) is 7.27. The Morgan fingerprint density at radius 1 is 1.39 bits per heavy atom. The van der Waals surface area contributed by atoms with Crippen LogP contribution in [0.25, 0.3) is 0 Å². The monoisotopic (exact) mass is 265 g/mol. The minimum absolute atomic E-state index is 0.137. The van der Waals surface area contributed by atoms with Crippen molar-refractivity contribution in [1.82, 2.24) is 5.32 Å². The van der Waals surface area contributed by atoms with Crippen LogP contribution in [0.2, 0.25) is 0 Å². The third kappa shape index (κ3) is 2.79. The van der Waals surface area contributed by atoms with Crippen LogP contribution in [0.1, 0.15) is 54.0 Å². The van der Waals surface area contributed by atoms with Gasteiger partial charge in [-0.1, -0.05) is 0 Å². The van der Waals surface area contributed by atoms with Gasteiger partial charge in [-0.3, -0.25) is 0 Å². The van der Waals surface area contributed by atoms with Crippen molar-refractivity contribution in [1.29, 1.82) is 0 Å². The minimum Gasteiger partial charge on any atom is -0.392 e. The Morgan fingerprint density at radius 3 is 2.89 bits per heavy atom. The maximum Gasteiger partial charge on any atom is 0.0692 e. The van der Waals surface area contributed by atoms with Gasteiger partial charge in [0.1, 0.15) is 0 Å². The van der Waals surface area contributed by atoms with E-state index in [0.717, 1.165) is 6.54 Å². The zero-order valence-electron chi connectivity index (χ0n) is 11.1. The van der Waals surface area contributed by atoms with E-state index in [1.165, 1.54) is 43.4 Å². The fourth-order valence-electron chi connectivity index (χ4n) is 2.77. The van der Waals surface area contributed by atoms with Crippen molar-refractivity contribution < 1.29 is 5.11 Å². The van der Waals surface area contributed by atoms with E-state index in [1.807, 2.05) is 11.3 Å². The van der Waals surface area contributed by atoms with Crippen molar-refractivity contribution in [2.75, 3.05) is 6.54 Å². The number of aliphatic hydroxyl groups is 1. The molecule has 18 heavy (non-hydrogen) atoms. The molecule has 1 saturated carbocycles. The van der Waals surface area contributed by atoms with E-state index in [-0.39, 0.29) is 6.10 Å². The molecule has 0 amide bonds. The second kappa shape index (κ2) is 5.32. The van der Waals surface area contributed by atoms with Crippen LogP contribution < -0.4 is 5.32 Å². The Kier molecular flexibility index (Phi) is 3.73. The highest BCUT2D eigenvalue weighted by atomic mass is 32.1. The second-order valence-electron chi connectivity index (χ2n) is 5.84. The number of aliphatic hydroxyl groups excluding tert-OH is 1. The van der Waals surface area contributed by atoms with Crippen LogP contribution >= 0.6 is 11.3 Å². The highest BCUT2D eigenvalue weighted by Gasteiger charge is 2.29. The van der Waals surface area contributed by atoms with Gasteiger partial charge >= 0.3 is 0 Å². The summed E-state index contributed by atoms with van der Waals surface area (Å²) in [5.41, 5.74) is 1.58. The average Bonchev–Trinajstić information content (AvgIpc) is 3.14. The van der Waals surface area contributed by atoms with Gasteiger partial charge in [-0.2, -0.15) is 0 Å². The first kappa shape index (κ1) is 12.6. The van der Waals surface area contributed by atoms with E-state index in [9.17, 15) is 5.11 Å². The molecule has 2 nitrogen and oxygen atoms in total. The van der Waals surface area contributed by atoms with Crippen molar-refractivity contribution in [3.05, 3.63) is 21.4 Å². The summed E-state index contributed by atoms with van der Waals surface area (Å²) in [6, 6.07) is 2.77. The zero-order chi connectivity index (χ0) is 12.5. The summed E-state index contributed by atoms with van der Waals surface area (Å²) >= 11 is 1.97. The summed E-state index contributed by atoms with van der Waals surface area (Å²) in [7, 11) is 0. The lowest BCUT2D eigenvalue weighted by molar-refractivity contribution is 0.145. The lowest BCUT2D eigenvalue weighted by atomic mass is 9.99. The van der Waals surface area contributed by atoms with Gasteiger partial charge in [0.05, 0.1) is 6.10 Å². The predicted octanol–water partition coefficient (Wildman–Crippen LogP) is 3.05. The van der Waals surface area contributed by atoms with E-state index in [2.05, 4.69) is 18.3 Å². The van der Waals surface area contributed by atoms with Gasteiger partial charge < -0.3 is 10.4 Å². The van der Waals surface area contributed by atoms with Gasteiger partial charge in [0.2, 0.25) is 0 Å². The molecule has 0 spiro atoms. The molecule has 100 valence electrons. The van der Waals surface area contributed by atoms with Crippen molar-refractivity contribution >= 4 is 11.3 Å². The normalized spacial score (nSPS) is 22.6. The van der Waals surface area contributed by atoms with E-state index in [1.54, 1.807) is 10.4 Å². The molecule has 2 aliphatic rings. The van der Waals surface area contributed by atoms with Crippen LogP contribution in [0.15, 0.2) is 6.07 Å². The molecule has 1 aromatic heterocycles. The SMILES string of the molecule is CC(NCC(O)C1CC1)c1cc2c(s1)CCCC2. The van der Waals surface area contributed by atoms with Crippen LogP contribution in [0.5, 0.6) is 0 Å². The summed E-state index contributed by atoms with van der Waals surface area (Å²) in [5, 5.41) is 13.4. The van der Waals surface area contributed by atoms with Gasteiger partial charge in [0, 0.05) is 22.3 Å². The van der Waals surface area contributed by atoms with Gasteiger partial charge in [-0.25, -0.2) is 0 Å². The molecule has 2 aliphatic carbocycles. The van der Waals surface area contributed by atoms with Crippen molar-refractivity contribution in [3.8, 4) is 0 Å². The lowest BCUT2D eigenvalue weighted by Gasteiger charge is -2.15. The molecule has 0 radical (unpaired) electrons. The number of aryl methyl sites for hydroxylation is 2. The third-order valence-corrected chi connectivity index (χ3v) is 5.66. The fraction of sp³-hybridized carbons (Fsp3) is 0.733. The van der Waals surface area contributed by atoms with E-state index < -0.39 is 0 Å². The summed E-state index contributed by atoms with van der Waals surface area (Å²) in [4.78, 5) is 3.05. The summed E-state index contributed by atoms with van der Waals surface area (Å²) in [6.07, 6.45) is 7.54. The molecular formula is C15H23NOS. The van der Waals surface area contributed by atoms with Gasteiger partial charge in [-0.15, -0.1) is 11.3 Å². The quantitative estimate of drug-likeness (QED) is 0.857. The number of nitrogens with one attached hydrogen (secondary N) is 1. The maximum absolute atomic E-state index is 9.89. The van der Waals surface area contributed by atoms with Crippen molar-refractivity contribution in [3.63, 3.8) is 0 Å². The van der Waals surface area contributed by atoms with Gasteiger partial charge in [-0.05, 0) is 63.0 Å². The zero-order valence-corrected chi connectivity index (χ0v) is 11.9. The lowest BCUT2D eigenvalue weighted by Crippen LogP contribution is -2.29. The molecule has 1 fully saturated rings. The molecule has 1 heterocycles. The molecule has 1 aromatic rings. The standard InChI is InChI=1S/C15H23NOS/c1-10(16-9-13(17)11-6-7-11)15-8-12-4-2-3-5-14(12)18-15/h8,10-11,13,16-17H,2-7,9H2,1H3. The smallest absolute Gasteiger partial charge is 0.0692 e. The Labute approximate surface area is 113 Å². The first-order chi connectivity index (χ1) is 8.74. The molecular weight excluding hydrogens is 242 g/mol. The fourth-order valence-corrected chi connectivity index (χ4v) is 4.06. The molecule has 3 rings (SSSR count). The Balaban J connectivity index is 1.57. The number of hydrogen-bond acceptors (Lipinski definition) is 3. The van der Waals surface area contributed by atoms with Crippen LogP contribution in [0.3, 0.4) is 0 Å². The van der Waals surface area contributed by atoms with Gasteiger partial charge in [0.15, 0.2) is 0 Å². The Morgan fingerprint density at radius 2 is 2.17 bits per heavy atom. The minimum atomic E-state index is -0.137.